The molecule has 1 saturated heterocycles. The van der Waals surface area contributed by atoms with Crippen LogP contribution in [0, 0.1) is 5.92 Å². The van der Waals surface area contributed by atoms with E-state index in [1.54, 1.807) is 0 Å². The summed E-state index contributed by atoms with van der Waals surface area (Å²) in [5.74, 6) is -0.196. The van der Waals surface area contributed by atoms with Crippen LogP contribution in [0.2, 0.25) is 0 Å². The number of hydrogen-bond acceptors (Lipinski definition) is 3. The number of nitrogens with zero attached hydrogens (tertiary/aromatic N) is 1. The van der Waals surface area contributed by atoms with Gasteiger partial charge in [-0.15, -0.1) is 0 Å². The van der Waals surface area contributed by atoms with Crippen molar-refractivity contribution >= 4 is 23.3 Å². The van der Waals surface area contributed by atoms with Crippen molar-refractivity contribution in [3.63, 3.8) is 0 Å². The quantitative estimate of drug-likeness (QED) is 0.538. The monoisotopic (exact) mass is 216 g/mol. The van der Waals surface area contributed by atoms with E-state index < -0.39 is 0 Å². The van der Waals surface area contributed by atoms with Crippen molar-refractivity contribution in [1.82, 2.24) is 4.90 Å². The standard InChI is InChI=1S/C9H16N2O2S/c1-2-13-8(12)7-4-3-5-11(6-7)9(10)14/h7H,2-6H2,1H3,(H2,10,14)/t7-/m1/s1. The smallest absolute Gasteiger partial charge is 0.310 e. The van der Waals surface area contributed by atoms with Gasteiger partial charge in [0, 0.05) is 13.1 Å². The lowest BCUT2D eigenvalue weighted by Crippen LogP contribution is -2.45. The first-order chi connectivity index (χ1) is 6.65. The maximum Gasteiger partial charge on any atom is 0.310 e. The Bertz CT molecular complexity index is 233. The minimum atomic E-state index is -0.131. The zero-order chi connectivity index (χ0) is 10.6. The van der Waals surface area contributed by atoms with Crippen molar-refractivity contribution < 1.29 is 9.53 Å². The summed E-state index contributed by atoms with van der Waals surface area (Å²) in [6.45, 7) is 3.70. The number of rotatable bonds is 2. The van der Waals surface area contributed by atoms with Crippen LogP contribution in [0.1, 0.15) is 19.8 Å². The Labute approximate surface area is 89.4 Å². The number of esters is 1. The van der Waals surface area contributed by atoms with Crippen molar-refractivity contribution in [1.29, 1.82) is 0 Å². The summed E-state index contributed by atoms with van der Waals surface area (Å²) in [5.41, 5.74) is 5.51. The van der Waals surface area contributed by atoms with Crippen LogP contribution in [0.15, 0.2) is 0 Å². The zero-order valence-corrected chi connectivity index (χ0v) is 9.18. The van der Waals surface area contributed by atoms with Crippen LogP contribution in [0.3, 0.4) is 0 Å². The molecule has 0 saturated carbocycles. The fourth-order valence-corrected chi connectivity index (χ4v) is 1.80. The van der Waals surface area contributed by atoms with E-state index in [0.717, 1.165) is 19.4 Å². The van der Waals surface area contributed by atoms with Crippen molar-refractivity contribution in [2.45, 2.75) is 19.8 Å². The maximum atomic E-state index is 11.4. The average Bonchev–Trinajstić information content (AvgIpc) is 2.18. The van der Waals surface area contributed by atoms with Crippen LogP contribution in [0.4, 0.5) is 0 Å². The number of piperidine rings is 1. The molecule has 0 aromatic carbocycles. The lowest BCUT2D eigenvalue weighted by molar-refractivity contribution is -0.149. The second-order valence-corrected chi connectivity index (χ2v) is 3.79. The number of ether oxygens (including phenoxy) is 1. The van der Waals surface area contributed by atoms with Gasteiger partial charge in [-0.3, -0.25) is 4.79 Å². The second-order valence-electron chi connectivity index (χ2n) is 3.38. The Morgan fingerprint density at radius 2 is 2.43 bits per heavy atom. The summed E-state index contributed by atoms with van der Waals surface area (Å²) < 4.78 is 4.96. The highest BCUT2D eigenvalue weighted by molar-refractivity contribution is 7.80. The van der Waals surface area contributed by atoms with E-state index in [9.17, 15) is 4.79 Å². The van der Waals surface area contributed by atoms with E-state index >= 15 is 0 Å². The topological polar surface area (TPSA) is 55.6 Å². The van der Waals surface area contributed by atoms with Gasteiger partial charge in [-0.05, 0) is 32.0 Å². The normalized spacial score (nSPS) is 21.8. The molecule has 5 heteroatoms. The van der Waals surface area contributed by atoms with Gasteiger partial charge >= 0.3 is 5.97 Å². The van der Waals surface area contributed by atoms with Crippen LogP contribution in [0.5, 0.6) is 0 Å². The highest BCUT2D eigenvalue weighted by Gasteiger charge is 2.27. The minimum absolute atomic E-state index is 0.0646. The number of carbonyl (C=O) groups is 1. The molecule has 0 unspecified atom stereocenters. The van der Waals surface area contributed by atoms with Crippen LogP contribution in [0.25, 0.3) is 0 Å². The van der Waals surface area contributed by atoms with Gasteiger partial charge in [-0.25, -0.2) is 0 Å². The highest BCUT2D eigenvalue weighted by Crippen LogP contribution is 2.17. The van der Waals surface area contributed by atoms with Crippen LogP contribution < -0.4 is 5.73 Å². The molecule has 14 heavy (non-hydrogen) atoms. The van der Waals surface area contributed by atoms with Gasteiger partial charge in [0.25, 0.3) is 0 Å². The number of thiocarbonyl (C=S) groups is 1. The molecule has 1 heterocycles. The van der Waals surface area contributed by atoms with Crippen LogP contribution >= 0.6 is 12.2 Å². The molecule has 2 N–H and O–H groups in total. The molecule has 80 valence electrons. The molecule has 0 bridgehead atoms. The minimum Gasteiger partial charge on any atom is -0.466 e. The summed E-state index contributed by atoms with van der Waals surface area (Å²) in [6.07, 6.45) is 1.82. The van der Waals surface area contributed by atoms with Gasteiger partial charge in [-0.2, -0.15) is 0 Å². The molecule has 1 aliphatic rings. The van der Waals surface area contributed by atoms with Gasteiger partial charge in [0.15, 0.2) is 5.11 Å². The molecule has 0 aromatic heterocycles. The summed E-state index contributed by atoms with van der Waals surface area (Å²) in [6, 6.07) is 0. The van der Waals surface area contributed by atoms with Crippen LogP contribution in [-0.2, 0) is 9.53 Å². The van der Waals surface area contributed by atoms with Gasteiger partial charge in [0.2, 0.25) is 0 Å². The van der Waals surface area contributed by atoms with Gasteiger partial charge in [-0.1, -0.05) is 0 Å². The van der Waals surface area contributed by atoms with Crippen molar-refractivity contribution in [2.24, 2.45) is 11.7 Å². The molecular formula is C9H16N2O2S. The number of nitrogens with two attached hydrogens (primary N) is 1. The van der Waals surface area contributed by atoms with Crippen molar-refractivity contribution in [3.05, 3.63) is 0 Å². The molecule has 0 aromatic rings. The zero-order valence-electron chi connectivity index (χ0n) is 8.36. The maximum absolute atomic E-state index is 11.4. The molecule has 0 radical (unpaired) electrons. The predicted octanol–water partition coefficient (Wildman–Crippen LogP) is 0.505. The van der Waals surface area contributed by atoms with Crippen molar-refractivity contribution in [3.8, 4) is 0 Å². The van der Waals surface area contributed by atoms with Gasteiger partial charge < -0.3 is 15.4 Å². The lowest BCUT2D eigenvalue weighted by Gasteiger charge is -2.31. The molecule has 0 aliphatic carbocycles. The van der Waals surface area contributed by atoms with E-state index in [1.807, 2.05) is 11.8 Å². The fraction of sp³-hybridized carbons (Fsp3) is 0.778. The van der Waals surface area contributed by atoms with E-state index in [1.165, 1.54) is 0 Å². The molecule has 1 fully saturated rings. The Kier molecular flexibility index (Phi) is 4.13. The SMILES string of the molecule is CCOC(=O)[C@@H]1CCCN(C(N)=S)C1. The molecule has 1 atom stereocenters. The van der Waals surface area contributed by atoms with Gasteiger partial charge in [0.05, 0.1) is 12.5 Å². The fourth-order valence-electron chi connectivity index (χ4n) is 1.63. The largest absolute Gasteiger partial charge is 0.466 e. The molecule has 1 rings (SSSR count). The third-order valence-corrected chi connectivity index (χ3v) is 2.61. The van der Waals surface area contributed by atoms with E-state index in [0.29, 0.717) is 18.3 Å². The predicted molar refractivity (Wildman–Crippen MR) is 57.7 cm³/mol. The summed E-state index contributed by atoms with van der Waals surface area (Å²) in [7, 11) is 0. The van der Waals surface area contributed by atoms with Crippen LogP contribution in [-0.4, -0.2) is 35.7 Å². The molecule has 1 aliphatic heterocycles. The molecule has 0 spiro atoms. The first kappa shape index (κ1) is 11.2. The van der Waals surface area contributed by atoms with E-state index in [2.05, 4.69) is 0 Å². The Morgan fingerprint density at radius 1 is 1.71 bits per heavy atom. The number of hydrogen-bond donors (Lipinski definition) is 1. The Hall–Kier alpha value is -0.840. The first-order valence-electron chi connectivity index (χ1n) is 4.86. The summed E-state index contributed by atoms with van der Waals surface area (Å²) >= 11 is 4.87. The van der Waals surface area contributed by atoms with Crippen molar-refractivity contribution in [2.75, 3.05) is 19.7 Å². The molecule has 4 nitrogen and oxygen atoms in total. The third kappa shape index (κ3) is 2.83. The summed E-state index contributed by atoms with van der Waals surface area (Å²) in [5, 5.41) is 0.374. The highest BCUT2D eigenvalue weighted by atomic mass is 32.1. The van der Waals surface area contributed by atoms with Gasteiger partial charge in [0.1, 0.15) is 0 Å². The first-order valence-corrected chi connectivity index (χ1v) is 5.27. The summed E-state index contributed by atoms with van der Waals surface area (Å²) in [4.78, 5) is 13.3. The number of carbonyl (C=O) groups excluding carboxylic acids is 1. The van der Waals surface area contributed by atoms with E-state index in [-0.39, 0.29) is 11.9 Å². The lowest BCUT2D eigenvalue weighted by atomic mass is 9.99. The third-order valence-electron chi connectivity index (χ3n) is 2.35. The molecular weight excluding hydrogens is 200 g/mol. The Morgan fingerprint density at radius 3 is 3.00 bits per heavy atom. The number of likely N-dealkylation sites (tertiary alicyclic amines) is 1. The Balaban J connectivity index is 2.47. The average molecular weight is 216 g/mol. The second kappa shape index (κ2) is 5.14. The van der Waals surface area contributed by atoms with E-state index in [4.69, 9.17) is 22.7 Å². The molecule has 0 amide bonds.